The summed E-state index contributed by atoms with van der Waals surface area (Å²) >= 11 is 6.19. The summed E-state index contributed by atoms with van der Waals surface area (Å²) in [6.07, 6.45) is 1.65. The van der Waals surface area contributed by atoms with E-state index in [4.69, 9.17) is 11.6 Å². The van der Waals surface area contributed by atoms with E-state index in [1.165, 1.54) is 0 Å². The predicted octanol–water partition coefficient (Wildman–Crippen LogP) is 3.69. The third-order valence-electron chi connectivity index (χ3n) is 5.93. The molecule has 0 aliphatic carbocycles. The summed E-state index contributed by atoms with van der Waals surface area (Å²) in [5.41, 5.74) is 1.33. The molecule has 0 saturated carbocycles. The zero-order valence-corrected chi connectivity index (χ0v) is 20.0. The van der Waals surface area contributed by atoms with Crippen molar-refractivity contribution >= 4 is 29.3 Å². The molecule has 2 aromatic carbocycles. The van der Waals surface area contributed by atoms with Crippen molar-refractivity contribution in [2.75, 3.05) is 19.6 Å². The highest BCUT2D eigenvalue weighted by molar-refractivity contribution is 6.33. The average molecular weight is 470 g/mol. The van der Waals surface area contributed by atoms with Crippen LogP contribution in [0.15, 0.2) is 54.6 Å². The number of benzene rings is 2. The molecule has 7 heteroatoms. The first-order chi connectivity index (χ1) is 15.8. The van der Waals surface area contributed by atoms with Crippen LogP contribution < -0.4 is 10.6 Å². The minimum Gasteiger partial charge on any atom is -0.354 e. The maximum Gasteiger partial charge on any atom is 0.253 e. The number of amides is 3. The molecular weight excluding hydrogens is 438 g/mol. The zero-order valence-electron chi connectivity index (χ0n) is 19.2. The molecule has 176 valence electrons. The lowest BCUT2D eigenvalue weighted by Gasteiger charge is -2.36. The second-order valence-corrected chi connectivity index (χ2v) is 9.36. The standard InChI is InChI=1S/C26H32ClN3O3/c1-18(2)17-28-26(33)24(29-25(32)21-10-6-7-11-22(21)27)20-12-14-30(15-13-20)23(31)16-19-8-4-3-5-9-19/h3-11,18,20,24H,12-17H2,1-2H3,(H,28,33)(H,29,32). The van der Waals surface area contributed by atoms with Crippen LogP contribution in [0, 0.1) is 11.8 Å². The second kappa shape index (κ2) is 11.8. The van der Waals surface area contributed by atoms with Gasteiger partial charge in [-0.25, -0.2) is 0 Å². The Kier molecular flexibility index (Phi) is 8.89. The minimum absolute atomic E-state index is 0.0654. The van der Waals surface area contributed by atoms with E-state index < -0.39 is 6.04 Å². The zero-order chi connectivity index (χ0) is 23.8. The van der Waals surface area contributed by atoms with Crippen molar-refractivity contribution in [1.29, 1.82) is 0 Å². The Hall–Kier alpha value is -2.86. The van der Waals surface area contributed by atoms with Crippen LogP contribution in [0.5, 0.6) is 0 Å². The summed E-state index contributed by atoms with van der Waals surface area (Å²) in [6, 6.07) is 15.8. The first kappa shape index (κ1) is 24.8. The van der Waals surface area contributed by atoms with Crippen LogP contribution in [0.4, 0.5) is 0 Å². The Morgan fingerprint density at radius 2 is 1.64 bits per heavy atom. The van der Waals surface area contributed by atoms with Crippen LogP contribution in [0.3, 0.4) is 0 Å². The first-order valence-corrected chi connectivity index (χ1v) is 11.9. The Labute approximate surface area is 200 Å². The molecular formula is C26H32ClN3O3. The summed E-state index contributed by atoms with van der Waals surface area (Å²) in [5, 5.41) is 6.21. The molecule has 0 aromatic heterocycles. The highest BCUT2D eigenvalue weighted by Gasteiger charge is 2.34. The monoisotopic (exact) mass is 469 g/mol. The van der Waals surface area contributed by atoms with Gasteiger partial charge in [0.05, 0.1) is 17.0 Å². The predicted molar refractivity (Wildman–Crippen MR) is 130 cm³/mol. The largest absolute Gasteiger partial charge is 0.354 e. The summed E-state index contributed by atoms with van der Waals surface area (Å²) in [5.74, 6) is -0.248. The molecule has 6 nitrogen and oxygen atoms in total. The Morgan fingerprint density at radius 3 is 2.27 bits per heavy atom. The summed E-state index contributed by atoms with van der Waals surface area (Å²) in [7, 11) is 0. The van der Waals surface area contributed by atoms with Crippen LogP contribution in [0.2, 0.25) is 5.02 Å². The van der Waals surface area contributed by atoms with Gasteiger partial charge in [-0.05, 0) is 42.4 Å². The van der Waals surface area contributed by atoms with Crippen LogP contribution in [-0.4, -0.2) is 48.3 Å². The molecule has 1 atom stereocenters. The van der Waals surface area contributed by atoms with Gasteiger partial charge in [0.2, 0.25) is 11.8 Å². The van der Waals surface area contributed by atoms with E-state index in [0.29, 0.717) is 55.4 Å². The summed E-state index contributed by atoms with van der Waals surface area (Å²) in [4.78, 5) is 40.5. The Balaban J connectivity index is 1.65. The fourth-order valence-corrected chi connectivity index (χ4v) is 4.26. The number of carbonyl (C=O) groups is 3. The smallest absolute Gasteiger partial charge is 0.253 e. The topological polar surface area (TPSA) is 78.5 Å². The molecule has 0 radical (unpaired) electrons. The second-order valence-electron chi connectivity index (χ2n) is 8.95. The van der Waals surface area contributed by atoms with Gasteiger partial charge in [-0.2, -0.15) is 0 Å². The molecule has 0 bridgehead atoms. The molecule has 1 unspecified atom stereocenters. The van der Waals surface area contributed by atoms with Gasteiger partial charge in [0.1, 0.15) is 6.04 Å². The van der Waals surface area contributed by atoms with Gasteiger partial charge >= 0.3 is 0 Å². The van der Waals surface area contributed by atoms with Crippen molar-refractivity contribution in [3.05, 3.63) is 70.7 Å². The first-order valence-electron chi connectivity index (χ1n) is 11.5. The summed E-state index contributed by atoms with van der Waals surface area (Å²) < 4.78 is 0. The van der Waals surface area contributed by atoms with Gasteiger partial charge in [-0.3, -0.25) is 14.4 Å². The van der Waals surface area contributed by atoms with Crippen molar-refractivity contribution in [2.24, 2.45) is 11.8 Å². The quantitative estimate of drug-likeness (QED) is 0.618. The van der Waals surface area contributed by atoms with Gasteiger partial charge in [-0.1, -0.05) is 67.9 Å². The molecule has 2 N–H and O–H groups in total. The number of halogens is 1. The van der Waals surface area contributed by atoms with E-state index in [1.807, 2.05) is 49.1 Å². The molecule has 1 fully saturated rings. The van der Waals surface area contributed by atoms with Gasteiger partial charge in [0.25, 0.3) is 5.91 Å². The number of carbonyl (C=O) groups excluding carboxylic acids is 3. The number of likely N-dealkylation sites (tertiary alicyclic amines) is 1. The van der Waals surface area contributed by atoms with Crippen LogP contribution in [0.25, 0.3) is 0 Å². The lowest BCUT2D eigenvalue weighted by Crippen LogP contribution is -2.54. The SMILES string of the molecule is CC(C)CNC(=O)C(NC(=O)c1ccccc1Cl)C1CCN(C(=O)Cc2ccccc2)CC1. The van der Waals surface area contributed by atoms with E-state index >= 15 is 0 Å². The highest BCUT2D eigenvalue weighted by atomic mass is 35.5. The number of hydrogen-bond donors (Lipinski definition) is 2. The average Bonchev–Trinajstić information content (AvgIpc) is 2.82. The maximum absolute atomic E-state index is 13.0. The number of nitrogens with one attached hydrogen (secondary N) is 2. The number of rotatable bonds is 8. The van der Waals surface area contributed by atoms with Gasteiger partial charge in [0.15, 0.2) is 0 Å². The highest BCUT2D eigenvalue weighted by Crippen LogP contribution is 2.23. The lowest BCUT2D eigenvalue weighted by molar-refractivity contribution is -0.132. The van der Waals surface area contributed by atoms with Crippen molar-refractivity contribution in [2.45, 2.75) is 39.2 Å². The van der Waals surface area contributed by atoms with Crippen molar-refractivity contribution in [3.63, 3.8) is 0 Å². The molecule has 1 aliphatic heterocycles. The molecule has 3 rings (SSSR count). The number of nitrogens with zero attached hydrogens (tertiary/aromatic N) is 1. The van der Waals surface area contributed by atoms with Gasteiger partial charge in [0, 0.05) is 19.6 Å². The molecule has 0 spiro atoms. The van der Waals surface area contributed by atoms with Crippen molar-refractivity contribution < 1.29 is 14.4 Å². The molecule has 2 aromatic rings. The third-order valence-corrected chi connectivity index (χ3v) is 6.26. The van der Waals surface area contributed by atoms with Gasteiger partial charge in [-0.15, -0.1) is 0 Å². The van der Waals surface area contributed by atoms with E-state index in [9.17, 15) is 14.4 Å². The van der Waals surface area contributed by atoms with E-state index in [1.54, 1.807) is 24.3 Å². The third kappa shape index (κ3) is 7.06. The lowest BCUT2D eigenvalue weighted by atomic mass is 9.88. The number of hydrogen-bond acceptors (Lipinski definition) is 3. The molecule has 1 aliphatic rings. The fraction of sp³-hybridized carbons (Fsp3) is 0.423. The molecule has 1 heterocycles. The van der Waals surface area contributed by atoms with E-state index in [2.05, 4.69) is 10.6 Å². The van der Waals surface area contributed by atoms with Gasteiger partial charge < -0.3 is 15.5 Å². The van der Waals surface area contributed by atoms with E-state index in [-0.39, 0.29) is 23.6 Å². The maximum atomic E-state index is 13.0. The Bertz CT molecular complexity index is 956. The van der Waals surface area contributed by atoms with Crippen LogP contribution in [0.1, 0.15) is 42.6 Å². The van der Waals surface area contributed by atoms with Crippen molar-refractivity contribution in [1.82, 2.24) is 15.5 Å². The molecule has 3 amide bonds. The summed E-state index contributed by atoms with van der Waals surface area (Å²) in [6.45, 7) is 5.70. The van der Waals surface area contributed by atoms with Crippen molar-refractivity contribution in [3.8, 4) is 0 Å². The fourth-order valence-electron chi connectivity index (χ4n) is 4.04. The van der Waals surface area contributed by atoms with Crippen LogP contribution in [-0.2, 0) is 16.0 Å². The Morgan fingerprint density at radius 1 is 1.00 bits per heavy atom. The number of piperidine rings is 1. The molecule has 33 heavy (non-hydrogen) atoms. The van der Waals surface area contributed by atoms with Crippen LogP contribution >= 0.6 is 11.6 Å². The molecule has 1 saturated heterocycles. The normalized spacial score (nSPS) is 15.2. The van der Waals surface area contributed by atoms with E-state index in [0.717, 1.165) is 5.56 Å². The minimum atomic E-state index is -0.682.